The van der Waals surface area contributed by atoms with Gasteiger partial charge in [0.15, 0.2) is 6.29 Å². The molecule has 2 aliphatic rings. The number of ether oxygens (including phenoxy) is 1. The van der Waals surface area contributed by atoms with Crippen molar-refractivity contribution in [3.05, 3.63) is 12.7 Å². The lowest BCUT2D eigenvalue weighted by atomic mass is 9.96. The van der Waals surface area contributed by atoms with Gasteiger partial charge in [0.2, 0.25) is 0 Å². The summed E-state index contributed by atoms with van der Waals surface area (Å²) < 4.78 is 5.36. The van der Waals surface area contributed by atoms with E-state index < -0.39 is 6.29 Å². The highest BCUT2D eigenvalue weighted by molar-refractivity contribution is 4.95. The summed E-state index contributed by atoms with van der Waals surface area (Å²) in [5.41, 5.74) is 0. The number of hydrogen-bond acceptors (Lipinski definition) is 2. The molecule has 62 valence electrons. The molecule has 0 aromatic heterocycles. The zero-order valence-corrected chi connectivity index (χ0v) is 6.57. The van der Waals surface area contributed by atoms with E-state index in [4.69, 9.17) is 4.74 Å². The van der Waals surface area contributed by atoms with Gasteiger partial charge >= 0.3 is 0 Å². The minimum absolute atomic E-state index is 0.101. The second-order valence-electron chi connectivity index (χ2n) is 3.56. The van der Waals surface area contributed by atoms with Gasteiger partial charge in [-0.15, -0.1) is 6.58 Å². The smallest absolute Gasteiger partial charge is 0.158 e. The molecule has 2 heteroatoms. The average Bonchev–Trinajstić information content (AvgIpc) is 2.43. The Labute approximate surface area is 66.9 Å². The minimum Gasteiger partial charge on any atom is -0.368 e. The first-order valence-corrected chi connectivity index (χ1v) is 4.27. The Morgan fingerprint density at radius 3 is 2.82 bits per heavy atom. The second kappa shape index (κ2) is 2.61. The zero-order valence-electron chi connectivity index (χ0n) is 6.57. The predicted octanol–water partition coefficient (Wildman–Crippen LogP) is 1.31. The van der Waals surface area contributed by atoms with Crippen LogP contribution in [0.2, 0.25) is 0 Å². The zero-order chi connectivity index (χ0) is 7.84. The molecule has 4 unspecified atom stereocenters. The van der Waals surface area contributed by atoms with Crippen molar-refractivity contribution in [2.24, 2.45) is 11.8 Å². The van der Waals surface area contributed by atoms with Crippen molar-refractivity contribution in [3.63, 3.8) is 0 Å². The molecule has 1 aliphatic heterocycles. The molecule has 0 amide bonds. The Balaban J connectivity index is 2.10. The van der Waals surface area contributed by atoms with E-state index in [0.717, 1.165) is 12.8 Å². The summed E-state index contributed by atoms with van der Waals surface area (Å²) in [4.78, 5) is 0. The molecule has 1 saturated heterocycles. The van der Waals surface area contributed by atoms with Crippen molar-refractivity contribution in [1.29, 1.82) is 0 Å². The van der Waals surface area contributed by atoms with E-state index in [-0.39, 0.29) is 6.10 Å². The molecule has 4 atom stereocenters. The Bertz CT molecular complexity index is 167. The Hall–Kier alpha value is -0.340. The predicted molar refractivity (Wildman–Crippen MR) is 41.9 cm³/mol. The molecule has 1 heterocycles. The minimum atomic E-state index is -0.531. The highest BCUT2D eigenvalue weighted by atomic mass is 16.6. The first-order valence-electron chi connectivity index (χ1n) is 4.27. The lowest BCUT2D eigenvalue weighted by molar-refractivity contribution is -0.181. The van der Waals surface area contributed by atoms with E-state index in [1.807, 2.05) is 6.08 Å². The Kier molecular flexibility index (Phi) is 1.74. The maximum Gasteiger partial charge on any atom is 0.158 e. The van der Waals surface area contributed by atoms with E-state index in [0.29, 0.717) is 11.8 Å². The summed E-state index contributed by atoms with van der Waals surface area (Å²) in [7, 11) is 0. The highest BCUT2D eigenvalue weighted by Crippen LogP contribution is 2.41. The number of rotatable bonds is 1. The van der Waals surface area contributed by atoms with Gasteiger partial charge in [0, 0.05) is 5.92 Å². The summed E-state index contributed by atoms with van der Waals surface area (Å²) in [6.45, 7) is 3.70. The maximum absolute atomic E-state index is 9.43. The van der Waals surface area contributed by atoms with Crippen molar-refractivity contribution < 1.29 is 9.84 Å². The molecule has 0 aromatic rings. The largest absolute Gasteiger partial charge is 0.368 e. The van der Waals surface area contributed by atoms with Crippen molar-refractivity contribution in [2.75, 3.05) is 0 Å². The van der Waals surface area contributed by atoms with Crippen LogP contribution in [0.15, 0.2) is 12.7 Å². The van der Waals surface area contributed by atoms with Crippen LogP contribution in [0.4, 0.5) is 0 Å². The summed E-state index contributed by atoms with van der Waals surface area (Å²) >= 11 is 0. The molecule has 0 spiro atoms. The number of hydrogen-bond donors (Lipinski definition) is 1. The fourth-order valence-electron chi connectivity index (χ4n) is 2.24. The normalized spacial score (nSPS) is 49.2. The highest BCUT2D eigenvalue weighted by Gasteiger charge is 2.40. The summed E-state index contributed by atoms with van der Waals surface area (Å²) in [6, 6.07) is 0. The molecule has 2 bridgehead atoms. The van der Waals surface area contributed by atoms with E-state index in [1.54, 1.807) is 0 Å². The fourth-order valence-corrected chi connectivity index (χ4v) is 2.24. The first kappa shape index (κ1) is 7.32. The van der Waals surface area contributed by atoms with Crippen molar-refractivity contribution in [3.8, 4) is 0 Å². The topological polar surface area (TPSA) is 29.5 Å². The standard InChI is InChI=1S/C9H14O2/c1-2-8-6-3-4-7(5-6)9(10)11-8/h2,6-10H,1,3-5H2. The van der Waals surface area contributed by atoms with E-state index in [2.05, 4.69) is 6.58 Å². The van der Waals surface area contributed by atoms with Gasteiger partial charge in [-0.1, -0.05) is 6.08 Å². The van der Waals surface area contributed by atoms with Gasteiger partial charge in [-0.05, 0) is 25.2 Å². The SMILES string of the molecule is C=CC1OC(O)C2CCC1C2. The summed E-state index contributed by atoms with van der Waals surface area (Å²) in [5.74, 6) is 1.03. The third-order valence-corrected chi connectivity index (χ3v) is 2.91. The van der Waals surface area contributed by atoms with Gasteiger partial charge in [-0.25, -0.2) is 0 Å². The lowest BCUT2D eigenvalue weighted by Crippen LogP contribution is -2.34. The number of aliphatic hydroxyl groups is 1. The number of fused-ring (bicyclic) bond motifs is 2. The lowest BCUT2D eigenvalue weighted by Gasteiger charge is -2.30. The Morgan fingerprint density at radius 1 is 1.36 bits per heavy atom. The van der Waals surface area contributed by atoms with Crippen LogP contribution < -0.4 is 0 Å². The van der Waals surface area contributed by atoms with E-state index >= 15 is 0 Å². The quantitative estimate of drug-likeness (QED) is 0.577. The van der Waals surface area contributed by atoms with E-state index in [1.165, 1.54) is 6.42 Å². The van der Waals surface area contributed by atoms with Crippen LogP contribution in [-0.4, -0.2) is 17.5 Å². The van der Waals surface area contributed by atoms with Crippen LogP contribution in [0.3, 0.4) is 0 Å². The third-order valence-electron chi connectivity index (χ3n) is 2.91. The molecule has 2 fully saturated rings. The molecule has 0 radical (unpaired) electrons. The summed E-state index contributed by atoms with van der Waals surface area (Å²) in [5, 5.41) is 9.43. The van der Waals surface area contributed by atoms with Crippen molar-refractivity contribution >= 4 is 0 Å². The van der Waals surface area contributed by atoms with Crippen LogP contribution in [0, 0.1) is 11.8 Å². The van der Waals surface area contributed by atoms with Crippen LogP contribution in [0.1, 0.15) is 19.3 Å². The van der Waals surface area contributed by atoms with Gasteiger partial charge in [-0.3, -0.25) is 0 Å². The molecule has 1 saturated carbocycles. The second-order valence-corrected chi connectivity index (χ2v) is 3.56. The van der Waals surface area contributed by atoms with Crippen LogP contribution in [-0.2, 0) is 4.74 Å². The van der Waals surface area contributed by atoms with Gasteiger partial charge in [-0.2, -0.15) is 0 Å². The molecular weight excluding hydrogens is 140 g/mol. The molecule has 0 aromatic carbocycles. The molecule has 1 aliphatic carbocycles. The first-order chi connectivity index (χ1) is 5.31. The fraction of sp³-hybridized carbons (Fsp3) is 0.778. The molecule has 1 N–H and O–H groups in total. The number of aliphatic hydroxyl groups excluding tert-OH is 1. The molecular formula is C9H14O2. The molecule has 11 heavy (non-hydrogen) atoms. The van der Waals surface area contributed by atoms with Crippen LogP contribution in [0.25, 0.3) is 0 Å². The Morgan fingerprint density at radius 2 is 2.09 bits per heavy atom. The van der Waals surface area contributed by atoms with Gasteiger partial charge in [0.25, 0.3) is 0 Å². The van der Waals surface area contributed by atoms with Gasteiger partial charge in [0.1, 0.15) is 0 Å². The van der Waals surface area contributed by atoms with Crippen LogP contribution >= 0.6 is 0 Å². The monoisotopic (exact) mass is 154 g/mol. The maximum atomic E-state index is 9.43. The van der Waals surface area contributed by atoms with Gasteiger partial charge < -0.3 is 9.84 Å². The average molecular weight is 154 g/mol. The van der Waals surface area contributed by atoms with E-state index in [9.17, 15) is 5.11 Å². The van der Waals surface area contributed by atoms with Crippen molar-refractivity contribution in [2.45, 2.75) is 31.7 Å². The van der Waals surface area contributed by atoms with Crippen molar-refractivity contribution in [1.82, 2.24) is 0 Å². The molecule has 2 rings (SSSR count). The molecule has 2 nitrogen and oxygen atoms in total. The third kappa shape index (κ3) is 1.10. The summed E-state index contributed by atoms with van der Waals surface area (Å²) in [6.07, 6.45) is 4.82. The van der Waals surface area contributed by atoms with Gasteiger partial charge in [0.05, 0.1) is 6.10 Å². The van der Waals surface area contributed by atoms with Crippen LogP contribution in [0.5, 0.6) is 0 Å².